The van der Waals surface area contributed by atoms with Gasteiger partial charge in [0.2, 0.25) is 0 Å². The predicted molar refractivity (Wildman–Crippen MR) is 77.4 cm³/mol. The predicted octanol–water partition coefficient (Wildman–Crippen LogP) is 1.96. The van der Waals surface area contributed by atoms with Crippen LogP contribution in [-0.2, 0) is 4.79 Å². The van der Waals surface area contributed by atoms with E-state index < -0.39 is 0 Å². The van der Waals surface area contributed by atoms with Crippen LogP contribution in [0, 0.1) is 0 Å². The van der Waals surface area contributed by atoms with E-state index in [1.165, 1.54) is 12.1 Å². The van der Waals surface area contributed by atoms with E-state index in [4.69, 9.17) is 9.47 Å². The molecular weight excluding hydrogens is 286 g/mol. The first-order valence-electron chi connectivity index (χ1n) is 6.87. The molecule has 6 heteroatoms. The van der Waals surface area contributed by atoms with Gasteiger partial charge in [0.25, 0.3) is 5.91 Å². The van der Waals surface area contributed by atoms with Crippen LogP contribution >= 0.6 is 0 Å². The van der Waals surface area contributed by atoms with Crippen LogP contribution in [0.2, 0.25) is 0 Å². The zero-order chi connectivity index (χ0) is 15.3. The molecule has 1 unspecified atom stereocenters. The molecule has 0 saturated heterocycles. The summed E-state index contributed by atoms with van der Waals surface area (Å²) in [6.45, 7) is 0.191. The van der Waals surface area contributed by atoms with E-state index in [1.807, 2.05) is 0 Å². The van der Waals surface area contributed by atoms with Crippen LogP contribution in [0.1, 0.15) is 11.6 Å². The molecule has 0 spiro atoms. The van der Waals surface area contributed by atoms with Crippen molar-refractivity contribution in [2.75, 3.05) is 18.1 Å². The Kier molecular flexibility index (Phi) is 2.66. The molecule has 2 aliphatic rings. The maximum absolute atomic E-state index is 12.3. The molecule has 0 aromatic heterocycles. The molecule has 0 radical (unpaired) electrons. The number of ether oxygens (including phenoxy) is 2. The number of rotatable bonds is 1. The number of hydrogen-bond donors (Lipinski definition) is 2. The summed E-state index contributed by atoms with van der Waals surface area (Å²) in [6.07, 6.45) is 0. The lowest BCUT2D eigenvalue weighted by Gasteiger charge is -2.40. The van der Waals surface area contributed by atoms with Crippen LogP contribution in [-0.4, -0.2) is 29.3 Å². The van der Waals surface area contributed by atoms with Crippen LogP contribution < -0.4 is 14.4 Å². The molecule has 0 bridgehead atoms. The second kappa shape index (κ2) is 4.56. The van der Waals surface area contributed by atoms with Gasteiger partial charge < -0.3 is 19.7 Å². The minimum Gasteiger partial charge on any atom is -0.508 e. The van der Waals surface area contributed by atoms with E-state index in [2.05, 4.69) is 0 Å². The standard InChI is InChI=1S/C16H13NO5/c18-10-3-1-9(2-4-10)12-7-21-13-5-11(19)6-14-16(13)17(12)15(20)8-22-14/h1-6,12,18-19H,7-8H2. The monoisotopic (exact) mass is 299 g/mol. The Labute approximate surface area is 126 Å². The summed E-state index contributed by atoms with van der Waals surface area (Å²) >= 11 is 0. The van der Waals surface area contributed by atoms with E-state index in [-0.39, 0.29) is 36.7 Å². The first-order chi connectivity index (χ1) is 10.6. The Morgan fingerprint density at radius 2 is 1.68 bits per heavy atom. The number of carbonyl (C=O) groups is 1. The largest absolute Gasteiger partial charge is 0.508 e. The third kappa shape index (κ3) is 1.84. The average molecular weight is 299 g/mol. The topological polar surface area (TPSA) is 79.2 Å². The number of hydrogen-bond acceptors (Lipinski definition) is 5. The van der Waals surface area contributed by atoms with Gasteiger partial charge >= 0.3 is 0 Å². The van der Waals surface area contributed by atoms with Gasteiger partial charge in [-0.25, -0.2) is 0 Å². The summed E-state index contributed by atoms with van der Waals surface area (Å²) in [5, 5.41) is 19.1. The summed E-state index contributed by atoms with van der Waals surface area (Å²) in [4.78, 5) is 14.0. The van der Waals surface area contributed by atoms with E-state index in [0.29, 0.717) is 17.2 Å². The molecule has 2 N–H and O–H groups in total. The van der Waals surface area contributed by atoms with Gasteiger partial charge in [0.1, 0.15) is 23.8 Å². The Hall–Kier alpha value is -2.89. The van der Waals surface area contributed by atoms with Crippen LogP contribution in [0.15, 0.2) is 36.4 Å². The summed E-state index contributed by atoms with van der Waals surface area (Å²) in [5.41, 5.74) is 1.40. The minimum absolute atomic E-state index is 0.0335. The van der Waals surface area contributed by atoms with Crippen molar-refractivity contribution >= 4 is 11.6 Å². The Bertz CT molecular complexity index is 739. The smallest absolute Gasteiger partial charge is 0.265 e. The van der Waals surface area contributed by atoms with Gasteiger partial charge in [-0.3, -0.25) is 9.69 Å². The maximum Gasteiger partial charge on any atom is 0.265 e. The lowest BCUT2D eigenvalue weighted by molar-refractivity contribution is -0.122. The zero-order valence-electron chi connectivity index (χ0n) is 11.5. The number of nitrogens with zero attached hydrogens (tertiary/aromatic N) is 1. The van der Waals surface area contributed by atoms with Crippen molar-refractivity contribution in [2.45, 2.75) is 6.04 Å². The van der Waals surface area contributed by atoms with Gasteiger partial charge in [-0.1, -0.05) is 12.1 Å². The highest BCUT2D eigenvalue weighted by Crippen LogP contribution is 2.49. The third-order valence-electron chi connectivity index (χ3n) is 3.87. The molecule has 6 nitrogen and oxygen atoms in total. The molecule has 22 heavy (non-hydrogen) atoms. The van der Waals surface area contributed by atoms with Crippen LogP contribution in [0.3, 0.4) is 0 Å². The SMILES string of the molecule is O=C1COc2cc(O)cc3c2N1C(c1ccc(O)cc1)CO3. The van der Waals surface area contributed by atoms with Gasteiger partial charge in [-0.15, -0.1) is 0 Å². The fourth-order valence-electron chi connectivity index (χ4n) is 2.87. The van der Waals surface area contributed by atoms with Crippen molar-refractivity contribution in [1.82, 2.24) is 0 Å². The van der Waals surface area contributed by atoms with Crippen molar-refractivity contribution in [3.63, 3.8) is 0 Å². The molecule has 2 aliphatic heterocycles. The number of carbonyl (C=O) groups excluding carboxylic acids is 1. The normalized spacial score (nSPS) is 19.2. The summed E-state index contributed by atoms with van der Waals surface area (Å²) in [7, 11) is 0. The first-order valence-corrected chi connectivity index (χ1v) is 6.87. The van der Waals surface area contributed by atoms with Crippen molar-refractivity contribution in [1.29, 1.82) is 0 Å². The highest BCUT2D eigenvalue weighted by molar-refractivity contribution is 6.01. The molecule has 112 valence electrons. The van der Waals surface area contributed by atoms with E-state index >= 15 is 0 Å². The molecule has 0 fully saturated rings. The average Bonchev–Trinajstić information content (AvgIpc) is 2.51. The summed E-state index contributed by atoms with van der Waals surface area (Å²) < 4.78 is 11.1. The van der Waals surface area contributed by atoms with Gasteiger partial charge in [0.05, 0.1) is 6.04 Å². The number of anilines is 1. The lowest BCUT2D eigenvalue weighted by atomic mass is 10.0. The highest BCUT2D eigenvalue weighted by atomic mass is 16.5. The van der Waals surface area contributed by atoms with Crippen LogP contribution in [0.4, 0.5) is 5.69 Å². The van der Waals surface area contributed by atoms with Crippen molar-refractivity contribution in [2.24, 2.45) is 0 Å². The Morgan fingerprint density at radius 3 is 2.41 bits per heavy atom. The molecule has 4 rings (SSSR count). The number of phenols is 2. The van der Waals surface area contributed by atoms with Crippen molar-refractivity contribution < 1.29 is 24.5 Å². The molecule has 1 amide bonds. The molecule has 0 saturated carbocycles. The second-order valence-corrected chi connectivity index (χ2v) is 5.26. The van der Waals surface area contributed by atoms with Crippen molar-refractivity contribution in [3.8, 4) is 23.0 Å². The number of aromatic hydroxyl groups is 2. The summed E-state index contributed by atoms with van der Waals surface area (Å²) in [6, 6.07) is 9.32. The minimum atomic E-state index is -0.298. The fraction of sp³-hybridized carbons (Fsp3) is 0.188. The number of benzene rings is 2. The third-order valence-corrected chi connectivity index (χ3v) is 3.87. The van der Waals surface area contributed by atoms with Gasteiger partial charge in [-0.05, 0) is 17.7 Å². The molecule has 2 aromatic carbocycles. The summed E-state index contributed by atoms with van der Waals surface area (Å²) in [5.74, 6) is 0.892. The highest BCUT2D eigenvalue weighted by Gasteiger charge is 2.39. The van der Waals surface area contributed by atoms with Gasteiger partial charge in [-0.2, -0.15) is 0 Å². The number of phenolic OH excluding ortho intramolecular Hbond substituents is 2. The van der Waals surface area contributed by atoms with Gasteiger partial charge in [0, 0.05) is 12.1 Å². The maximum atomic E-state index is 12.3. The zero-order valence-corrected chi connectivity index (χ0v) is 11.5. The van der Waals surface area contributed by atoms with Crippen molar-refractivity contribution in [3.05, 3.63) is 42.0 Å². The van der Waals surface area contributed by atoms with E-state index in [9.17, 15) is 15.0 Å². The van der Waals surface area contributed by atoms with Gasteiger partial charge in [0.15, 0.2) is 18.1 Å². The van der Waals surface area contributed by atoms with E-state index in [0.717, 1.165) is 5.56 Å². The quantitative estimate of drug-likeness (QED) is 0.841. The second-order valence-electron chi connectivity index (χ2n) is 5.26. The molecule has 0 aliphatic carbocycles. The first kappa shape index (κ1) is 12.8. The Balaban J connectivity index is 1.84. The van der Waals surface area contributed by atoms with E-state index in [1.54, 1.807) is 29.2 Å². The number of amides is 1. The van der Waals surface area contributed by atoms with Crippen LogP contribution in [0.25, 0.3) is 0 Å². The lowest BCUT2D eigenvalue weighted by Crippen LogP contribution is -2.46. The fourth-order valence-corrected chi connectivity index (χ4v) is 2.87. The van der Waals surface area contributed by atoms with Crippen LogP contribution in [0.5, 0.6) is 23.0 Å². The molecule has 2 aromatic rings. The molecule has 1 atom stereocenters. The molecular formula is C16H13NO5. The Morgan fingerprint density at radius 1 is 1.00 bits per heavy atom. The molecule has 2 heterocycles.